The predicted molar refractivity (Wildman–Crippen MR) is 284 cm³/mol. The lowest BCUT2D eigenvalue weighted by molar-refractivity contribution is 0.562. The molecule has 322 valence electrons. The number of fused-ring (bicyclic) bond motifs is 8. The monoisotopic (exact) mass is 870 g/mol. The highest BCUT2D eigenvalue weighted by atomic mass is 16.3. The van der Waals surface area contributed by atoms with E-state index in [0.29, 0.717) is 6.42 Å². The van der Waals surface area contributed by atoms with Gasteiger partial charge in [-0.15, -0.1) is 0 Å². The van der Waals surface area contributed by atoms with Crippen LogP contribution in [0.5, 0.6) is 0 Å². The van der Waals surface area contributed by atoms with Crippen molar-refractivity contribution in [1.82, 2.24) is 4.57 Å². The molecule has 68 heavy (non-hydrogen) atoms. The van der Waals surface area contributed by atoms with Crippen LogP contribution in [0.3, 0.4) is 0 Å². The van der Waals surface area contributed by atoms with Gasteiger partial charge in [-0.25, -0.2) is 0 Å². The van der Waals surface area contributed by atoms with Crippen molar-refractivity contribution in [3.05, 3.63) is 282 Å². The van der Waals surface area contributed by atoms with Gasteiger partial charge < -0.3 is 13.9 Å². The SMILES string of the molecule is C/C=C\c1c(Cc2ccccc2N(c2ccc3c(c2)C(c2ccccc2)(c2ccccc2)c2ccccc2-3)c2ccccc2-n2c3ccccc3c3ccccc32)oc2cc3ccccc3cc12. The zero-order chi connectivity index (χ0) is 45.2. The highest BCUT2D eigenvalue weighted by Gasteiger charge is 2.46. The molecule has 0 N–H and O–H groups in total. The lowest BCUT2D eigenvalue weighted by atomic mass is 9.67. The number of benzene rings is 10. The second-order valence-corrected chi connectivity index (χ2v) is 17.9. The van der Waals surface area contributed by atoms with Gasteiger partial charge in [0, 0.05) is 39.5 Å². The lowest BCUT2D eigenvalue weighted by Gasteiger charge is -2.35. The Morgan fingerprint density at radius 3 is 1.78 bits per heavy atom. The van der Waals surface area contributed by atoms with Crippen LogP contribution >= 0.6 is 0 Å². The molecule has 0 amide bonds. The second-order valence-electron chi connectivity index (χ2n) is 17.9. The second kappa shape index (κ2) is 16.0. The number of anilines is 3. The molecule has 10 aromatic carbocycles. The smallest absolute Gasteiger partial charge is 0.135 e. The Morgan fingerprint density at radius 1 is 0.485 bits per heavy atom. The predicted octanol–water partition coefficient (Wildman–Crippen LogP) is 17.1. The Morgan fingerprint density at radius 2 is 1.06 bits per heavy atom. The molecule has 0 unspecified atom stereocenters. The average molecular weight is 871 g/mol. The molecule has 1 aliphatic rings. The summed E-state index contributed by atoms with van der Waals surface area (Å²) in [6.07, 6.45) is 4.92. The van der Waals surface area contributed by atoms with Gasteiger partial charge in [0.2, 0.25) is 0 Å². The van der Waals surface area contributed by atoms with Crippen LogP contribution < -0.4 is 4.90 Å². The molecule has 3 heteroatoms. The topological polar surface area (TPSA) is 21.3 Å². The highest BCUT2D eigenvalue weighted by molar-refractivity contribution is 6.10. The van der Waals surface area contributed by atoms with Crippen molar-refractivity contribution in [3.8, 4) is 16.8 Å². The van der Waals surface area contributed by atoms with Gasteiger partial charge in [-0.3, -0.25) is 0 Å². The third-order valence-corrected chi connectivity index (χ3v) is 14.2. The van der Waals surface area contributed by atoms with E-state index in [9.17, 15) is 0 Å². The van der Waals surface area contributed by atoms with E-state index < -0.39 is 5.41 Å². The number of furan rings is 1. The molecule has 2 aromatic heterocycles. The summed E-state index contributed by atoms with van der Waals surface area (Å²) in [6, 6.07) is 86.7. The van der Waals surface area contributed by atoms with Gasteiger partial charge in [0.1, 0.15) is 11.3 Å². The fourth-order valence-corrected chi connectivity index (χ4v) is 11.4. The summed E-state index contributed by atoms with van der Waals surface area (Å²) in [5.74, 6) is 0.938. The number of hydrogen-bond donors (Lipinski definition) is 0. The third kappa shape index (κ3) is 6.06. The van der Waals surface area contributed by atoms with E-state index in [0.717, 1.165) is 61.6 Å². The van der Waals surface area contributed by atoms with Crippen molar-refractivity contribution < 1.29 is 4.42 Å². The van der Waals surface area contributed by atoms with Crippen molar-refractivity contribution >= 4 is 66.7 Å². The summed E-state index contributed by atoms with van der Waals surface area (Å²) < 4.78 is 9.39. The number of allylic oxidation sites excluding steroid dienone is 1. The maximum Gasteiger partial charge on any atom is 0.135 e. The van der Waals surface area contributed by atoms with E-state index in [1.807, 2.05) is 0 Å². The van der Waals surface area contributed by atoms with Gasteiger partial charge in [-0.1, -0.05) is 194 Å². The van der Waals surface area contributed by atoms with Crippen LogP contribution in [0.15, 0.2) is 247 Å². The standard InChI is InChI=1S/C65H46N2O/c1-2-21-54-55-40-44-22-9-10-23-45(44)41-64(55)68-63(54)42-46-24-11-16-33-58(46)66(61-36-19-20-37-62(61)67-59-34-17-13-30-52(59)53-31-14-18-35-60(53)67)49-38-39-51-50-29-12-15-32-56(50)65(57(51)43-49,47-25-5-3-6-26-47)48-27-7-4-8-28-48/h2-41,43H,42H2,1H3/b21-2-. The molecule has 0 aliphatic heterocycles. The van der Waals surface area contributed by atoms with Gasteiger partial charge in [0.15, 0.2) is 0 Å². The molecule has 0 bridgehead atoms. The van der Waals surface area contributed by atoms with Gasteiger partial charge in [0.25, 0.3) is 0 Å². The van der Waals surface area contributed by atoms with Crippen molar-refractivity contribution in [1.29, 1.82) is 0 Å². The summed E-state index contributed by atoms with van der Waals surface area (Å²) in [5, 5.41) is 5.95. The molecule has 0 saturated heterocycles. The number of hydrogen-bond acceptors (Lipinski definition) is 2. The van der Waals surface area contributed by atoms with Crippen molar-refractivity contribution in [2.45, 2.75) is 18.8 Å². The average Bonchev–Trinajstić information content (AvgIpc) is 4.02. The molecule has 2 heterocycles. The van der Waals surface area contributed by atoms with Gasteiger partial charge in [-0.2, -0.15) is 0 Å². The number of para-hydroxylation sites is 5. The van der Waals surface area contributed by atoms with Gasteiger partial charge in [-0.05, 0) is 111 Å². The molecule has 0 spiro atoms. The molecule has 13 rings (SSSR count). The first-order valence-corrected chi connectivity index (χ1v) is 23.6. The molecule has 1 aliphatic carbocycles. The van der Waals surface area contributed by atoms with E-state index in [2.05, 4.69) is 265 Å². The van der Waals surface area contributed by atoms with Crippen LogP contribution in [0, 0.1) is 0 Å². The van der Waals surface area contributed by atoms with E-state index in [4.69, 9.17) is 4.42 Å². The Kier molecular flexibility index (Phi) is 9.36. The largest absolute Gasteiger partial charge is 0.460 e. The zero-order valence-corrected chi connectivity index (χ0v) is 37.7. The van der Waals surface area contributed by atoms with Crippen LogP contribution in [0.1, 0.15) is 46.1 Å². The van der Waals surface area contributed by atoms with E-state index in [-0.39, 0.29) is 0 Å². The molecule has 0 fully saturated rings. The number of rotatable bonds is 9. The van der Waals surface area contributed by atoms with Crippen molar-refractivity contribution in [2.75, 3.05) is 4.90 Å². The van der Waals surface area contributed by atoms with Crippen LogP contribution in [-0.2, 0) is 11.8 Å². The first-order valence-electron chi connectivity index (χ1n) is 23.6. The molecule has 12 aromatic rings. The molecule has 0 radical (unpaired) electrons. The van der Waals surface area contributed by atoms with Crippen LogP contribution in [-0.4, -0.2) is 4.57 Å². The van der Waals surface area contributed by atoms with E-state index >= 15 is 0 Å². The van der Waals surface area contributed by atoms with Crippen LogP contribution in [0.4, 0.5) is 17.1 Å². The molecule has 0 saturated carbocycles. The first-order chi connectivity index (χ1) is 33.7. The highest BCUT2D eigenvalue weighted by Crippen LogP contribution is 2.57. The van der Waals surface area contributed by atoms with Crippen molar-refractivity contribution in [3.63, 3.8) is 0 Å². The summed E-state index contributed by atoms with van der Waals surface area (Å²) in [7, 11) is 0. The summed E-state index contributed by atoms with van der Waals surface area (Å²) >= 11 is 0. The Balaban J connectivity index is 1.09. The summed E-state index contributed by atoms with van der Waals surface area (Å²) in [5.41, 5.74) is 16.7. The van der Waals surface area contributed by atoms with Gasteiger partial charge in [0.05, 0.1) is 27.8 Å². The number of nitrogens with zero attached hydrogens (tertiary/aromatic N) is 2. The normalized spacial score (nSPS) is 12.9. The molecular weight excluding hydrogens is 825 g/mol. The number of aromatic nitrogens is 1. The third-order valence-electron chi connectivity index (χ3n) is 14.2. The minimum atomic E-state index is -0.568. The Bertz CT molecular complexity index is 3820. The zero-order valence-electron chi connectivity index (χ0n) is 37.7. The Labute approximate surface area is 396 Å². The first kappa shape index (κ1) is 39.7. The maximum absolute atomic E-state index is 6.94. The van der Waals surface area contributed by atoms with Crippen LogP contribution in [0.2, 0.25) is 0 Å². The Hall–Kier alpha value is -8.66. The minimum absolute atomic E-state index is 0.568. The van der Waals surface area contributed by atoms with E-state index in [1.54, 1.807) is 0 Å². The summed E-state index contributed by atoms with van der Waals surface area (Å²) in [4.78, 5) is 2.50. The summed E-state index contributed by atoms with van der Waals surface area (Å²) in [6.45, 7) is 2.09. The van der Waals surface area contributed by atoms with Crippen LogP contribution in [0.25, 0.3) is 66.4 Å². The van der Waals surface area contributed by atoms with E-state index in [1.165, 1.54) is 54.9 Å². The minimum Gasteiger partial charge on any atom is -0.460 e. The molecular formula is C65H46N2O. The fraction of sp³-hybridized carbons (Fsp3) is 0.0462. The quantitative estimate of drug-likeness (QED) is 0.144. The fourth-order valence-electron chi connectivity index (χ4n) is 11.4. The maximum atomic E-state index is 6.94. The van der Waals surface area contributed by atoms with Crippen molar-refractivity contribution in [2.24, 2.45) is 0 Å². The molecule has 3 nitrogen and oxygen atoms in total. The van der Waals surface area contributed by atoms with Gasteiger partial charge >= 0.3 is 0 Å². The molecule has 0 atom stereocenters. The lowest BCUT2D eigenvalue weighted by Crippen LogP contribution is -2.28.